The molecule has 0 saturated carbocycles. The average molecular weight is 269 g/mol. The molecule has 0 heterocycles. The van der Waals surface area contributed by atoms with Crippen molar-refractivity contribution in [3.05, 3.63) is 119 Å². The summed E-state index contributed by atoms with van der Waals surface area (Å²) in [6.07, 6.45) is 0. The second-order valence-corrected chi connectivity index (χ2v) is 4.67. The van der Waals surface area contributed by atoms with E-state index in [2.05, 4.69) is 35.2 Å². The standard InChI is InChI=1S/C20H15N/c1-4-10-17(11-5-1)16-21-20(18-12-6-2-7-13-18)19-14-8-3-9-15-19/h1-15H. The predicted molar refractivity (Wildman–Crippen MR) is 87.1 cm³/mol. The van der Waals surface area contributed by atoms with Crippen LogP contribution < -0.4 is 0 Å². The van der Waals surface area contributed by atoms with E-state index in [9.17, 15) is 0 Å². The van der Waals surface area contributed by atoms with Gasteiger partial charge < -0.3 is 0 Å². The summed E-state index contributed by atoms with van der Waals surface area (Å²) in [4.78, 5) is 4.60. The molecule has 0 amide bonds. The molecule has 0 radical (unpaired) electrons. The summed E-state index contributed by atoms with van der Waals surface area (Å²) in [6.45, 7) is 0. The van der Waals surface area contributed by atoms with Crippen LogP contribution in [0.3, 0.4) is 0 Å². The molecule has 0 saturated heterocycles. The van der Waals surface area contributed by atoms with E-state index in [1.807, 2.05) is 66.7 Å². The highest BCUT2D eigenvalue weighted by Gasteiger charge is 2.17. The van der Waals surface area contributed by atoms with Gasteiger partial charge in [-0.2, -0.15) is 0 Å². The first kappa shape index (κ1) is 13.0. The molecule has 3 aromatic carbocycles. The molecule has 0 unspecified atom stereocenters. The summed E-state index contributed by atoms with van der Waals surface area (Å²) < 4.78 is 0. The Balaban J connectivity index is 2.00. The van der Waals surface area contributed by atoms with Crippen molar-refractivity contribution in [1.29, 1.82) is 0 Å². The Kier molecular flexibility index (Phi) is 4.00. The van der Waals surface area contributed by atoms with Gasteiger partial charge in [-0.1, -0.05) is 59.4 Å². The molecule has 100 valence electrons. The minimum atomic E-state index is 0.931. The first-order chi connectivity index (χ1) is 10.4. The monoisotopic (exact) mass is 269 g/mol. The van der Waals surface area contributed by atoms with Gasteiger partial charge >= 0.3 is 0 Å². The van der Waals surface area contributed by atoms with Crippen molar-refractivity contribution in [1.82, 2.24) is 0 Å². The van der Waals surface area contributed by atoms with Crippen LogP contribution in [0.4, 0.5) is 0 Å². The highest BCUT2D eigenvalue weighted by atomic mass is 14.7. The van der Waals surface area contributed by atoms with E-state index < -0.39 is 0 Å². The van der Waals surface area contributed by atoms with E-state index >= 15 is 0 Å². The zero-order chi connectivity index (χ0) is 14.3. The highest BCUT2D eigenvalue weighted by molar-refractivity contribution is 5.50. The summed E-state index contributed by atoms with van der Waals surface area (Å²) in [7, 11) is 0. The van der Waals surface area contributed by atoms with Gasteiger partial charge in [0.25, 0.3) is 6.04 Å². The molecule has 0 aromatic heterocycles. The summed E-state index contributed by atoms with van der Waals surface area (Å²) in [5, 5.41) is 0. The third kappa shape index (κ3) is 3.32. The number of hydrogen-bond acceptors (Lipinski definition) is 0. The lowest BCUT2D eigenvalue weighted by Gasteiger charge is -2.06. The van der Waals surface area contributed by atoms with E-state index in [0.717, 1.165) is 22.7 Å². The minimum Gasteiger partial charge on any atom is -0.101 e. The lowest BCUT2D eigenvalue weighted by atomic mass is 9.99. The lowest BCUT2D eigenvalue weighted by Crippen LogP contribution is -1.96. The van der Waals surface area contributed by atoms with Crippen molar-refractivity contribution in [3.8, 4) is 6.07 Å². The fraction of sp³-hybridized carbons (Fsp3) is 0. The van der Waals surface area contributed by atoms with Gasteiger partial charge in [0.05, 0.1) is 5.56 Å². The zero-order valence-electron chi connectivity index (χ0n) is 11.6. The van der Waals surface area contributed by atoms with Gasteiger partial charge in [0.15, 0.2) is 0 Å². The molecule has 21 heavy (non-hydrogen) atoms. The van der Waals surface area contributed by atoms with Crippen LogP contribution in [0.5, 0.6) is 0 Å². The van der Waals surface area contributed by atoms with Crippen LogP contribution in [0, 0.1) is 12.1 Å². The molecule has 0 fully saturated rings. The van der Waals surface area contributed by atoms with Gasteiger partial charge in [-0.25, -0.2) is 0 Å². The van der Waals surface area contributed by atoms with E-state index in [-0.39, 0.29) is 0 Å². The van der Waals surface area contributed by atoms with Crippen LogP contribution >= 0.6 is 0 Å². The molecule has 0 aliphatic carbocycles. The van der Waals surface area contributed by atoms with Crippen molar-refractivity contribution >= 4 is 0 Å². The van der Waals surface area contributed by atoms with Crippen LogP contribution in [0.15, 0.2) is 91.0 Å². The van der Waals surface area contributed by atoms with Crippen molar-refractivity contribution in [2.45, 2.75) is 0 Å². The maximum atomic E-state index is 4.60. The van der Waals surface area contributed by atoms with Crippen LogP contribution in [0.25, 0.3) is 4.85 Å². The highest BCUT2D eigenvalue weighted by Crippen LogP contribution is 2.24. The Morgan fingerprint density at radius 2 is 1.00 bits per heavy atom. The van der Waals surface area contributed by atoms with E-state index in [1.165, 1.54) is 0 Å². The lowest BCUT2D eigenvalue weighted by molar-refractivity contribution is 1.28. The van der Waals surface area contributed by atoms with Gasteiger partial charge in [-0.15, -0.1) is 24.3 Å². The van der Waals surface area contributed by atoms with Crippen molar-refractivity contribution < 1.29 is 0 Å². The Morgan fingerprint density at radius 3 is 1.48 bits per heavy atom. The molecule has 0 aliphatic heterocycles. The molecular weight excluding hydrogens is 254 g/mol. The molecule has 0 aliphatic rings. The second-order valence-electron chi connectivity index (χ2n) is 4.67. The van der Waals surface area contributed by atoms with E-state index in [4.69, 9.17) is 0 Å². The molecular formula is C20H15N. The quantitative estimate of drug-likeness (QED) is 0.577. The van der Waals surface area contributed by atoms with Crippen molar-refractivity contribution in [3.63, 3.8) is 0 Å². The number of nitrogens with zero attached hydrogens (tertiary/aromatic N) is 1. The Labute approximate surface area is 125 Å². The fourth-order valence-electron chi connectivity index (χ4n) is 2.12. The Morgan fingerprint density at radius 1 is 0.571 bits per heavy atom. The molecule has 0 N–H and O–H groups in total. The number of rotatable bonds is 2. The SMILES string of the molecule is C(#[N+][C-](c1ccccc1)c1ccccc1)c1ccccc1. The fourth-order valence-corrected chi connectivity index (χ4v) is 2.12. The minimum absolute atomic E-state index is 0.931. The normalized spacial score (nSPS) is 9.52. The van der Waals surface area contributed by atoms with E-state index in [1.54, 1.807) is 0 Å². The number of benzene rings is 3. The van der Waals surface area contributed by atoms with Gasteiger partial charge in [0, 0.05) is 0 Å². The summed E-state index contributed by atoms with van der Waals surface area (Å²) >= 11 is 0. The topological polar surface area (TPSA) is 4.36 Å². The zero-order valence-corrected chi connectivity index (χ0v) is 11.6. The molecule has 3 rings (SSSR count). The number of hydrogen-bond donors (Lipinski definition) is 0. The van der Waals surface area contributed by atoms with Crippen molar-refractivity contribution in [2.24, 2.45) is 0 Å². The average Bonchev–Trinajstić information content (AvgIpc) is 2.58. The molecule has 3 aromatic rings. The Bertz CT molecular complexity index is 698. The summed E-state index contributed by atoms with van der Waals surface area (Å²) in [5.41, 5.74) is 3.15. The molecule has 0 bridgehead atoms. The smallest absolute Gasteiger partial charge is 0.101 e. The third-order valence-electron chi connectivity index (χ3n) is 3.17. The summed E-state index contributed by atoms with van der Waals surface area (Å²) in [6, 6.07) is 34.4. The molecule has 1 nitrogen and oxygen atoms in total. The summed E-state index contributed by atoms with van der Waals surface area (Å²) in [5.74, 6) is 0. The van der Waals surface area contributed by atoms with Gasteiger partial charge in [-0.3, -0.25) is 0 Å². The first-order valence-corrected chi connectivity index (χ1v) is 6.93. The van der Waals surface area contributed by atoms with E-state index in [0.29, 0.717) is 0 Å². The van der Waals surface area contributed by atoms with Gasteiger partial charge in [0.1, 0.15) is 0 Å². The van der Waals surface area contributed by atoms with Crippen molar-refractivity contribution in [2.75, 3.05) is 0 Å². The maximum Gasteiger partial charge on any atom is 0.282 e. The molecule has 1 heteroatoms. The second kappa shape index (κ2) is 6.45. The Hall–Kier alpha value is -2.98. The van der Waals surface area contributed by atoms with Gasteiger partial charge in [-0.05, 0) is 23.3 Å². The maximum absolute atomic E-state index is 4.60. The van der Waals surface area contributed by atoms with Crippen LogP contribution in [-0.4, -0.2) is 0 Å². The molecule has 0 atom stereocenters. The third-order valence-corrected chi connectivity index (χ3v) is 3.17. The van der Waals surface area contributed by atoms with Crippen LogP contribution in [-0.2, 0) is 0 Å². The first-order valence-electron chi connectivity index (χ1n) is 6.93. The largest absolute Gasteiger partial charge is 0.282 e. The predicted octanol–water partition coefficient (Wildman–Crippen LogP) is 5.00. The van der Waals surface area contributed by atoms with Gasteiger partial charge in [0.2, 0.25) is 6.07 Å². The van der Waals surface area contributed by atoms with Crippen LogP contribution in [0.1, 0.15) is 16.7 Å². The van der Waals surface area contributed by atoms with Crippen LogP contribution in [0.2, 0.25) is 0 Å². The molecule has 0 spiro atoms.